The molecule has 0 aromatic heterocycles. The molecule has 3 nitrogen and oxygen atoms in total. The number of aromatic hydroxyl groups is 1. The van der Waals surface area contributed by atoms with E-state index in [1.54, 1.807) is 36.4 Å². The predicted octanol–water partition coefficient (Wildman–Crippen LogP) is 2.69. The van der Waals surface area contributed by atoms with Crippen LogP contribution in [0.4, 0.5) is 0 Å². The van der Waals surface area contributed by atoms with E-state index in [9.17, 15) is 9.90 Å². The summed E-state index contributed by atoms with van der Waals surface area (Å²) in [6, 6.07) is 15.9. The molecule has 0 saturated carbocycles. The van der Waals surface area contributed by atoms with E-state index in [4.69, 9.17) is 0 Å². The monoisotopic (exact) mass is 239 g/mol. The van der Waals surface area contributed by atoms with Gasteiger partial charge in [0.25, 0.3) is 0 Å². The molecule has 0 aliphatic carbocycles. The van der Waals surface area contributed by atoms with Crippen LogP contribution >= 0.6 is 0 Å². The number of Topliss-reactive ketones (excluding diaryl/α,β-unsaturated/α-hetero) is 1. The number of phenols is 1. The summed E-state index contributed by atoms with van der Waals surface area (Å²) in [7, 11) is 0. The van der Waals surface area contributed by atoms with Gasteiger partial charge in [0.1, 0.15) is 12.3 Å². The second kappa shape index (κ2) is 5.77. The maximum absolute atomic E-state index is 11.7. The summed E-state index contributed by atoms with van der Waals surface area (Å²) < 4.78 is 0. The van der Waals surface area contributed by atoms with Gasteiger partial charge in [-0.3, -0.25) is 9.79 Å². The van der Waals surface area contributed by atoms with E-state index in [2.05, 4.69) is 4.99 Å². The highest BCUT2D eigenvalue weighted by atomic mass is 16.3. The number of aliphatic imine (C=N–C) groups is 1. The second-order valence-electron chi connectivity index (χ2n) is 3.82. The lowest BCUT2D eigenvalue weighted by atomic mass is 10.1. The Balaban J connectivity index is 2.00. The maximum Gasteiger partial charge on any atom is 0.184 e. The molecule has 0 fully saturated rings. The zero-order valence-electron chi connectivity index (χ0n) is 9.78. The molecule has 2 rings (SSSR count). The van der Waals surface area contributed by atoms with Gasteiger partial charge in [0.2, 0.25) is 0 Å². The van der Waals surface area contributed by atoms with Crippen molar-refractivity contribution in [1.82, 2.24) is 0 Å². The first-order valence-electron chi connectivity index (χ1n) is 5.63. The van der Waals surface area contributed by atoms with Crippen LogP contribution in [0.5, 0.6) is 5.75 Å². The van der Waals surface area contributed by atoms with Crippen LogP contribution in [0, 0.1) is 0 Å². The number of benzene rings is 2. The van der Waals surface area contributed by atoms with Crippen LogP contribution in [0.15, 0.2) is 59.6 Å². The molecular formula is C15H13NO2. The zero-order chi connectivity index (χ0) is 12.8. The standard InChI is InChI=1S/C15H13NO2/c17-14-9-5-4-8-13(14)10-16-11-15(18)12-6-2-1-3-7-12/h1-10,17H,11H2. The Bertz CT molecular complexity index is 562. The van der Waals surface area contributed by atoms with Crippen LogP contribution in [0.25, 0.3) is 0 Å². The molecule has 0 spiro atoms. The van der Waals surface area contributed by atoms with Crippen molar-refractivity contribution in [2.24, 2.45) is 4.99 Å². The van der Waals surface area contributed by atoms with Gasteiger partial charge in [-0.05, 0) is 12.1 Å². The molecule has 0 amide bonds. The van der Waals surface area contributed by atoms with Gasteiger partial charge in [-0.1, -0.05) is 42.5 Å². The van der Waals surface area contributed by atoms with Gasteiger partial charge in [0.15, 0.2) is 5.78 Å². The van der Waals surface area contributed by atoms with Crippen molar-refractivity contribution in [2.45, 2.75) is 0 Å². The summed E-state index contributed by atoms with van der Waals surface area (Å²) in [5.74, 6) is 0.121. The molecule has 2 aromatic carbocycles. The Morgan fingerprint density at radius 3 is 2.44 bits per heavy atom. The van der Waals surface area contributed by atoms with Gasteiger partial charge in [0, 0.05) is 17.3 Å². The van der Waals surface area contributed by atoms with Crippen molar-refractivity contribution in [3.63, 3.8) is 0 Å². The normalized spacial score (nSPS) is 10.7. The summed E-state index contributed by atoms with van der Waals surface area (Å²) >= 11 is 0. The molecule has 0 heterocycles. The largest absolute Gasteiger partial charge is 0.507 e. The number of hydrogen-bond acceptors (Lipinski definition) is 3. The lowest BCUT2D eigenvalue weighted by molar-refractivity contribution is 0.100. The van der Waals surface area contributed by atoms with E-state index >= 15 is 0 Å². The van der Waals surface area contributed by atoms with E-state index in [1.807, 2.05) is 18.2 Å². The molecular weight excluding hydrogens is 226 g/mol. The number of carbonyl (C=O) groups excluding carboxylic acids is 1. The number of para-hydroxylation sites is 1. The summed E-state index contributed by atoms with van der Waals surface area (Å²) in [6.45, 7) is 0.0817. The zero-order valence-corrected chi connectivity index (χ0v) is 9.78. The SMILES string of the molecule is O=C(CN=Cc1ccccc1O)c1ccccc1. The Kier molecular flexibility index (Phi) is 3.86. The minimum absolute atomic E-state index is 0.0396. The maximum atomic E-state index is 11.7. The average Bonchev–Trinajstić information content (AvgIpc) is 2.42. The molecule has 2 aromatic rings. The number of carbonyl (C=O) groups is 1. The molecule has 0 atom stereocenters. The number of ketones is 1. The average molecular weight is 239 g/mol. The van der Waals surface area contributed by atoms with Crippen molar-refractivity contribution < 1.29 is 9.90 Å². The van der Waals surface area contributed by atoms with E-state index in [-0.39, 0.29) is 18.1 Å². The highest BCUT2D eigenvalue weighted by molar-refractivity contribution is 5.98. The fourth-order valence-electron chi connectivity index (χ4n) is 1.54. The lowest BCUT2D eigenvalue weighted by Crippen LogP contribution is -2.03. The fourth-order valence-corrected chi connectivity index (χ4v) is 1.54. The molecule has 1 N–H and O–H groups in total. The van der Waals surface area contributed by atoms with Crippen LogP contribution in [0.1, 0.15) is 15.9 Å². The van der Waals surface area contributed by atoms with Gasteiger partial charge in [-0.2, -0.15) is 0 Å². The number of nitrogens with zero attached hydrogens (tertiary/aromatic N) is 1. The van der Waals surface area contributed by atoms with Gasteiger partial charge >= 0.3 is 0 Å². The third kappa shape index (κ3) is 3.04. The molecule has 90 valence electrons. The summed E-state index contributed by atoms with van der Waals surface area (Å²) in [5.41, 5.74) is 1.25. The summed E-state index contributed by atoms with van der Waals surface area (Å²) in [4.78, 5) is 15.8. The van der Waals surface area contributed by atoms with Crippen LogP contribution in [0.3, 0.4) is 0 Å². The molecule has 0 aliphatic rings. The van der Waals surface area contributed by atoms with Crippen molar-refractivity contribution in [2.75, 3.05) is 6.54 Å². The molecule has 0 radical (unpaired) electrons. The molecule has 0 saturated heterocycles. The Morgan fingerprint density at radius 1 is 1.06 bits per heavy atom. The summed E-state index contributed by atoms with van der Waals surface area (Å²) in [5, 5.41) is 9.52. The van der Waals surface area contributed by atoms with Gasteiger partial charge in [-0.25, -0.2) is 0 Å². The van der Waals surface area contributed by atoms with Gasteiger partial charge < -0.3 is 5.11 Å². The van der Waals surface area contributed by atoms with Crippen molar-refractivity contribution in [1.29, 1.82) is 0 Å². The summed E-state index contributed by atoms with van der Waals surface area (Å²) in [6.07, 6.45) is 1.51. The second-order valence-corrected chi connectivity index (χ2v) is 3.82. The lowest BCUT2D eigenvalue weighted by Gasteiger charge is -1.98. The molecule has 18 heavy (non-hydrogen) atoms. The topological polar surface area (TPSA) is 49.7 Å². The van der Waals surface area contributed by atoms with Crippen molar-refractivity contribution in [3.8, 4) is 5.75 Å². The first-order valence-corrected chi connectivity index (χ1v) is 5.63. The fraction of sp³-hybridized carbons (Fsp3) is 0.0667. The van der Waals surface area contributed by atoms with Crippen molar-refractivity contribution >= 4 is 12.0 Å². The highest BCUT2D eigenvalue weighted by Gasteiger charge is 2.02. The van der Waals surface area contributed by atoms with Crippen LogP contribution in [-0.2, 0) is 0 Å². The van der Waals surface area contributed by atoms with Gasteiger partial charge in [0.05, 0.1) is 0 Å². The smallest absolute Gasteiger partial charge is 0.184 e. The Morgan fingerprint density at radius 2 is 1.72 bits per heavy atom. The van der Waals surface area contributed by atoms with Gasteiger partial charge in [-0.15, -0.1) is 0 Å². The first kappa shape index (κ1) is 12.0. The number of rotatable bonds is 4. The molecule has 3 heteroatoms. The minimum Gasteiger partial charge on any atom is -0.507 e. The van der Waals surface area contributed by atoms with E-state index in [0.717, 1.165) is 0 Å². The Labute approximate surface area is 105 Å². The predicted molar refractivity (Wildman–Crippen MR) is 71.3 cm³/mol. The molecule has 0 aliphatic heterocycles. The third-order valence-corrected chi connectivity index (χ3v) is 2.50. The van der Waals surface area contributed by atoms with Crippen molar-refractivity contribution in [3.05, 3.63) is 65.7 Å². The Hall–Kier alpha value is -2.42. The first-order chi connectivity index (χ1) is 8.77. The number of phenolic OH excluding ortho intramolecular Hbond substituents is 1. The highest BCUT2D eigenvalue weighted by Crippen LogP contribution is 2.12. The number of hydrogen-bond donors (Lipinski definition) is 1. The van der Waals surface area contributed by atoms with E-state index in [0.29, 0.717) is 11.1 Å². The van der Waals surface area contributed by atoms with Crippen LogP contribution in [-0.4, -0.2) is 23.6 Å². The van der Waals surface area contributed by atoms with Crippen LogP contribution in [0.2, 0.25) is 0 Å². The van der Waals surface area contributed by atoms with E-state index < -0.39 is 0 Å². The molecule has 0 unspecified atom stereocenters. The molecule has 0 bridgehead atoms. The minimum atomic E-state index is -0.0396. The third-order valence-electron chi connectivity index (χ3n) is 2.50. The van der Waals surface area contributed by atoms with E-state index in [1.165, 1.54) is 6.21 Å². The van der Waals surface area contributed by atoms with Crippen LogP contribution < -0.4 is 0 Å². The quantitative estimate of drug-likeness (QED) is 0.658.